The fourth-order valence-electron chi connectivity index (χ4n) is 4.57. The van der Waals surface area contributed by atoms with Crippen molar-refractivity contribution in [2.24, 2.45) is 5.92 Å². The number of ketones is 2. The maximum atomic E-state index is 13.1. The molecule has 0 aliphatic carbocycles. The highest BCUT2D eigenvalue weighted by Gasteiger charge is 2.28. The van der Waals surface area contributed by atoms with Crippen LogP contribution in [0.1, 0.15) is 56.9 Å². The number of Topliss-reactive ketones (excluding diaryl/α,β-unsaturated/α-hetero) is 2. The molecule has 0 unspecified atom stereocenters. The van der Waals surface area contributed by atoms with E-state index in [0.717, 1.165) is 38.9 Å². The number of rotatable bonds is 6. The smallest absolute Gasteiger partial charge is 0.255 e. The van der Waals surface area contributed by atoms with Crippen LogP contribution in [0.25, 0.3) is 0 Å². The summed E-state index contributed by atoms with van der Waals surface area (Å²) in [4.78, 5) is 41.5. The minimum atomic E-state index is -0.330. The molecule has 1 aromatic carbocycles. The van der Waals surface area contributed by atoms with Crippen LogP contribution in [0, 0.1) is 11.7 Å². The summed E-state index contributed by atoms with van der Waals surface area (Å²) in [5, 5.41) is 0. The molecule has 2 aromatic rings. The molecule has 1 amide bonds. The number of aryl methyl sites for hydroxylation is 1. The summed E-state index contributed by atoms with van der Waals surface area (Å²) in [6, 6.07) is 7.55. The Bertz CT molecular complexity index is 974. The number of fused-ring (bicyclic) bond motifs is 1. The first kappa shape index (κ1) is 21.4. The third-order valence-electron chi connectivity index (χ3n) is 6.44. The fourth-order valence-corrected chi connectivity index (χ4v) is 4.57. The van der Waals surface area contributed by atoms with Crippen molar-refractivity contribution in [3.8, 4) is 0 Å². The van der Waals surface area contributed by atoms with Crippen molar-refractivity contribution in [1.82, 2.24) is 14.4 Å². The van der Waals surface area contributed by atoms with Gasteiger partial charge in [0.15, 0.2) is 11.6 Å². The zero-order valence-corrected chi connectivity index (χ0v) is 17.8. The lowest BCUT2D eigenvalue weighted by atomic mass is 9.89. The van der Waals surface area contributed by atoms with Gasteiger partial charge in [-0.3, -0.25) is 14.4 Å². The van der Waals surface area contributed by atoms with E-state index in [1.165, 1.54) is 12.1 Å². The topological polar surface area (TPSA) is 62.6 Å². The number of hydrogen-bond acceptors (Lipinski definition) is 4. The monoisotopic (exact) mass is 425 g/mol. The van der Waals surface area contributed by atoms with Crippen LogP contribution < -0.4 is 0 Å². The van der Waals surface area contributed by atoms with E-state index in [4.69, 9.17) is 0 Å². The van der Waals surface area contributed by atoms with Gasteiger partial charge < -0.3 is 14.4 Å². The Morgan fingerprint density at radius 1 is 1.03 bits per heavy atom. The Morgan fingerprint density at radius 2 is 1.74 bits per heavy atom. The molecule has 0 N–H and O–H groups in total. The molecule has 4 rings (SSSR count). The van der Waals surface area contributed by atoms with E-state index in [2.05, 4.69) is 4.90 Å². The number of likely N-dealkylation sites (tertiary alicyclic amines) is 1. The number of carbonyl (C=O) groups excluding carboxylic acids is 3. The van der Waals surface area contributed by atoms with Gasteiger partial charge in [-0.15, -0.1) is 0 Å². The van der Waals surface area contributed by atoms with Crippen molar-refractivity contribution in [1.29, 1.82) is 0 Å². The van der Waals surface area contributed by atoms with Crippen molar-refractivity contribution < 1.29 is 18.8 Å². The minimum absolute atomic E-state index is 0.0115. The van der Waals surface area contributed by atoms with Crippen LogP contribution in [0.15, 0.2) is 36.5 Å². The Labute approximate surface area is 181 Å². The first-order valence-corrected chi connectivity index (χ1v) is 10.9. The van der Waals surface area contributed by atoms with E-state index in [0.29, 0.717) is 36.3 Å². The lowest BCUT2D eigenvalue weighted by Gasteiger charge is -2.31. The molecule has 2 aliphatic rings. The summed E-state index contributed by atoms with van der Waals surface area (Å²) < 4.78 is 15.0. The first-order chi connectivity index (χ1) is 14.9. The summed E-state index contributed by atoms with van der Waals surface area (Å²) in [5.74, 6) is -0.306. The molecule has 1 fully saturated rings. The second-order valence-corrected chi connectivity index (χ2v) is 8.51. The van der Waals surface area contributed by atoms with Crippen molar-refractivity contribution in [3.63, 3.8) is 0 Å². The Kier molecular flexibility index (Phi) is 6.32. The molecule has 6 nitrogen and oxygen atoms in total. The quantitative estimate of drug-likeness (QED) is 0.667. The van der Waals surface area contributed by atoms with Crippen LogP contribution in [-0.2, 0) is 6.54 Å². The molecule has 164 valence electrons. The van der Waals surface area contributed by atoms with Crippen molar-refractivity contribution in [2.75, 3.05) is 33.2 Å². The molecule has 1 aromatic heterocycles. The molecule has 7 heteroatoms. The van der Waals surface area contributed by atoms with E-state index in [9.17, 15) is 18.8 Å². The van der Waals surface area contributed by atoms with Gasteiger partial charge in [0.2, 0.25) is 0 Å². The molecule has 0 saturated carbocycles. The number of halogens is 1. The maximum absolute atomic E-state index is 13.1. The molecule has 0 spiro atoms. The van der Waals surface area contributed by atoms with E-state index in [1.54, 1.807) is 30.1 Å². The predicted octanol–water partition coefficient (Wildman–Crippen LogP) is 3.27. The van der Waals surface area contributed by atoms with Gasteiger partial charge in [0.1, 0.15) is 5.82 Å². The van der Waals surface area contributed by atoms with Crippen LogP contribution >= 0.6 is 0 Å². The highest BCUT2D eigenvalue weighted by atomic mass is 19.1. The van der Waals surface area contributed by atoms with Crippen LogP contribution in [-0.4, -0.2) is 65.1 Å². The Hall–Kier alpha value is -2.80. The second-order valence-electron chi connectivity index (χ2n) is 8.51. The van der Waals surface area contributed by atoms with Crippen molar-refractivity contribution >= 4 is 17.5 Å². The Balaban J connectivity index is 1.28. The molecule has 1 saturated heterocycles. The summed E-state index contributed by atoms with van der Waals surface area (Å²) in [6.07, 6.45) is 4.67. The molecule has 0 bridgehead atoms. The highest BCUT2D eigenvalue weighted by molar-refractivity contribution is 6.08. The van der Waals surface area contributed by atoms with Gasteiger partial charge >= 0.3 is 0 Å². The van der Waals surface area contributed by atoms with Gasteiger partial charge in [-0.2, -0.15) is 0 Å². The zero-order chi connectivity index (χ0) is 22.0. The van der Waals surface area contributed by atoms with Crippen LogP contribution in [0.4, 0.5) is 4.39 Å². The lowest BCUT2D eigenvalue weighted by Crippen LogP contribution is -2.37. The SMILES string of the molecule is CN1CCC(=O)c2c(ccn2CCCN2CCC(C(=O)c3ccc(F)cc3)CC2)C1=O. The van der Waals surface area contributed by atoms with Gasteiger partial charge in [0.25, 0.3) is 5.91 Å². The molecular weight excluding hydrogens is 397 g/mol. The summed E-state index contributed by atoms with van der Waals surface area (Å²) in [6.45, 7) is 3.73. The van der Waals surface area contributed by atoms with E-state index in [1.807, 2.05) is 10.8 Å². The van der Waals surface area contributed by atoms with Gasteiger partial charge in [-0.05, 0) is 69.2 Å². The van der Waals surface area contributed by atoms with Gasteiger partial charge in [0, 0.05) is 44.2 Å². The number of amides is 1. The maximum Gasteiger partial charge on any atom is 0.255 e. The molecule has 0 atom stereocenters. The summed E-state index contributed by atoms with van der Waals surface area (Å²) >= 11 is 0. The Morgan fingerprint density at radius 3 is 2.45 bits per heavy atom. The molecular formula is C24H28FN3O3. The molecule has 2 aliphatic heterocycles. The van der Waals surface area contributed by atoms with Gasteiger partial charge in [-0.1, -0.05) is 0 Å². The largest absolute Gasteiger partial charge is 0.344 e. The number of carbonyl (C=O) groups is 3. The predicted molar refractivity (Wildman–Crippen MR) is 115 cm³/mol. The average molecular weight is 426 g/mol. The van der Waals surface area contributed by atoms with Gasteiger partial charge in [0.05, 0.1) is 11.3 Å². The van der Waals surface area contributed by atoms with Crippen LogP contribution in [0.3, 0.4) is 0 Å². The van der Waals surface area contributed by atoms with Gasteiger partial charge in [-0.25, -0.2) is 4.39 Å². The second kappa shape index (κ2) is 9.14. The third kappa shape index (κ3) is 4.61. The van der Waals surface area contributed by atoms with E-state index in [-0.39, 0.29) is 29.2 Å². The highest BCUT2D eigenvalue weighted by Crippen LogP contribution is 2.23. The fraction of sp³-hybridized carbons (Fsp3) is 0.458. The molecule has 0 radical (unpaired) electrons. The third-order valence-corrected chi connectivity index (χ3v) is 6.44. The van der Waals surface area contributed by atoms with Crippen molar-refractivity contribution in [2.45, 2.75) is 32.2 Å². The number of aromatic nitrogens is 1. The first-order valence-electron chi connectivity index (χ1n) is 10.9. The van der Waals surface area contributed by atoms with Crippen LogP contribution in [0.2, 0.25) is 0 Å². The van der Waals surface area contributed by atoms with E-state index >= 15 is 0 Å². The minimum Gasteiger partial charge on any atom is -0.344 e. The molecule has 31 heavy (non-hydrogen) atoms. The van der Waals surface area contributed by atoms with Crippen LogP contribution in [0.5, 0.6) is 0 Å². The molecule has 3 heterocycles. The van der Waals surface area contributed by atoms with E-state index < -0.39 is 0 Å². The number of benzene rings is 1. The number of nitrogens with zero attached hydrogens (tertiary/aromatic N) is 3. The van der Waals surface area contributed by atoms with Crippen molar-refractivity contribution in [3.05, 3.63) is 59.2 Å². The summed E-state index contributed by atoms with van der Waals surface area (Å²) in [7, 11) is 1.73. The standard InChI is InChI=1S/C24H28FN3O3/c1-26-13-10-21(29)22-20(24(26)31)9-16-28(22)12-2-11-27-14-7-18(8-15-27)23(30)17-3-5-19(25)6-4-17/h3-6,9,16,18H,2,7-8,10-15H2,1H3. The lowest BCUT2D eigenvalue weighted by molar-refractivity contribution is 0.0796. The zero-order valence-electron chi connectivity index (χ0n) is 17.8. The number of piperidine rings is 1. The number of hydrogen-bond donors (Lipinski definition) is 0. The average Bonchev–Trinajstić information content (AvgIpc) is 3.17. The normalized spacial score (nSPS) is 18.2. The summed E-state index contributed by atoms with van der Waals surface area (Å²) in [5.41, 5.74) is 1.63.